The van der Waals surface area contributed by atoms with Gasteiger partial charge in [-0.1, -0.05) is 13.8 Å². The highest BCUT2D eigenvalue weighted by Gasteiger charge is 2.65. The van der Waals surface area contributed by atoms with Crippen molar-refractivity contribution in [3.63, 3.8) is 0 Å². The van der Waals surface area contributed by atoms with Crippen LogP contribution in [0, 0.1) is 22.7 Å². The van der Waals surface area contributed by atoms with Crippen molar-refractivity contribution in [1.82, 2.24) is 10.0 Å². The number of piperidine rings is 1. The maximum atomic E-state index is 12.8. The molecule has 0 aromatic rings. The van der Waals surface area contributed by atoms with E-state index in [-0.39, 0.29) is 28.0 Å². The van der Waals surface area contributed by atoms with Gasteiger partial charge in [0.05, 0.1) is 5.75 Å². The quantitative estimate of drug-likeness (QED) is 0.720. The number of rotatable bonds is 6. The Morgan fingerprint density at radius 3 is 2.15 bits per heavy atom. The lowest BCUT2D eigenvalue weighted by Gasteiger charge is -2.46. The first-order valence-corrected chi connectivity index (χ1v) is 12.1. The van der Waals surface area contributed by atoms with Crippen LogP contribution in [0.3, 0.4) is 0 Å². The van der Waals surface area contributed by atoms with E-state index < -0.39 is 15.4 Å². The van der Waals surface area contributed by atoms with Gasteiger partial charge >= 0.3 is 0 Å². The number of nitrogens with one attached hydrogen (secondary N) is 2. The van der Waals surface area contributed by atoms with E-state index in [0.29, 0.717) is 24.8 Å². The van der Waals surface area contributed by atoms with Crippen molar-refractivity contribution in [2.45, 2.75) is 91.1 Å². The Hall–Kier alpha value is -0.460. The lowest BCUT2D eigenvalue weighted by atomic mass is 9.70. The third-order valence-electron chi connectivity index (χ3n) is 7.72. The second-order valence-electron chi connectivity index (χ2n) is 11.3. The molecule has 2 N–H and O–H groups in total. The molecule has 0 aromatic carbocycles. The number of hydrogen-bond donors (Lipinski definition) is 2. The maximum absolute atomic E-state index is 12.8. The average molecular weight is 399 g/mol. The van der Waals surface area contributed by atoms with Crippen LogP contribution in [-0.2, 0) is 14.8 Å². The van der Waals surface area contributed by atoms with Gasteiger partial charge in [0.1, 0.15) is 5.78 Å². The highest BCUT2D eigenvalue weighted by Crippen LogP contribution is 2.64. The lowest BCUT2D eigenvalue weighted by Crippen LogP contribution is -2.58. The van der Waals surface area contributed by atoms with E-state index in [0.717, 1.165) is 32.1 Å². The van der Waals surface area contributed by atoms with Crippen LogP contribution in [0.4, 0.5) is 0 Å². The summed E-state index contributed by atoms with van der Waals surface area (Å²) < 4.78 is 28.5. The number of Topliss-reactive ketones (excluding diaryl/α,β-unsaturated/α-hetero) is 1. The topological polar surface area (TPSA) is 75.3 Å². The largest absolute Gasteiger partial charge is 0.307 e. The molecule has 3 aliphatic rings. The van der Waals surface area contributed by atoms with E-state index in [4.69, 9.17) is 0 Å². The van der Waals surface area contributed by atoms with E-state index in [1.807, 2.05) is 0 Å². The molecule has 6 heteroatoms. The van der Waals surface area contributed by atoms with Crippen LogP contribution in [0.5, 0.6) is 0 Å². The summed E-state index contributed by atoms with van der Waals surface area (Å²) in [7, 11) is -3.46. The van der Waals surface area contributed by atoms with Gasteiger partial charge in [-0.15, -0.1) is 0 Å². The molecule has 0 amide bonds. The lowest BCUT2D eigenvalue weighted by molar-refractivity contribution is -0.128. The number of carbonyl (C=O) groups is 1. The molecule has 2 aliphatic carbocycles. The molecule has 1 heterocycles. The molecule has 5 nitrogen and oxygen atoms in total. The molecule has 0 radical (unpaired) electrons. The van der Waals surface area contributed by atoms with Gasteiger partial charge in [-0.3, -0.25) is 4.79 Å². The van der Waals surface area contributed by atoms with Crippen LogP contribution >= 0.6 is 0 Å². The Morgan fingerprint density at radius 1 is 1.07 bits per heavy atom. The second kappa shape index (κ2) is 6.53. The molecule has 156 valence electrons. The van der Waals surface area contributed by atoms with Gasteiger partial charge in [0.25, 0.3) is 0 Å². The number of hydrogen-bond acceptors (Lipinski definition) is 4. The molecular formula is C21H38N2O3S. The van der Waals surface area contributed by atoms with Crippen LogP contribution in [0.2, 0.25) is 0 Å². The molecule has 1 aliphatic heterocycles. The monoisotopic (exact) mass is 398 g/mol. The minimum absolute atomic E-state index is 0.0362. The summed E-state index contributed by atoms with van der Waals surface area (Å²) in [5, 5.41) is 3.67. The van der Waals surface area contributed by atoms with Crippen molar-refractivity contribution in [3.05, 3.63) is 0 Å². The third kappa shape index (κ3) is 3.99. The highest BCUT2D eigenvalue weighted by molar-refractivity contribution is 7.89. The fraction of sp³-hybridized carbons (Fsp3) is 0.952. The number of fused-ring (bicyclic) bond motifs is 2. The Balaban J connectivity index is 1.59. The van der Waals surface area contributed by atoms with Gasteiger partial charge in [0.15, 0.2) is 0 Å². The first-order chi connectivity index (χ1) is 12.2. The first-order valence-electron chi connectivity index (χ1n) is 10.5. The smallest absolute Gasteiger partial charge is 0.212 e. The Bertz CT molecular complexity index is 695. The average Bonchev–Trinajstić information content (AvgIpc) is 2.77. The molecule has 1 saturated heterocycles. The fourth-order valence-corrected chi connectivity index (χ4v) is 8.50. The molecule has 3 fully saturated rings. The number of carbonyl (C=O) groups excluding carboxylic acids is 1. The van der Waals surface area contributed by atoms with Crippen molar-refractivity contribution in [3.8, 4) is 0 Å². The predicted octanol–water partition coefficient (Wildman–Crippen LogP) is 3.25. The second-order valence-corrected chi connectivity index (χ2v) is 13.1. The zero-order valence-electron chi connectivity index (χ0n) is 17.9. The van der Waals surface area contributed by atoms with E-state index >= 15 is 0 Å². The summed E-state index contributed by atoms with van der Waals surface area (Å²) in [5.41, 5.74) is -0.739. The summed E-state index contributed by atoms with van der Waals surface area (Å²) in [6, 6.07) is 0. The molecule has 2 saturated carbocycles. The van der Waals surface area contributed by atoms with Gasteiger partial charge in [0, 0.05) is 29.5 Å². The first kappa shape index (κ1) is 21.3. The van der Waals surface area contributed by atoms with Crippen LogP contribution < -0.4 is 10.0 Å². The zero-order valence-corrected chi connectivity index (χ0v) is 18.8. The molecule has 2 bridgehead atoms. The van der Waals surface area contributed by atoms with Crippen LogP contribution in [0.15, 0.2) is 0 Å². The summed E-state index contributed by atoms with van der Waals surface area (Å²) in [4.78, 5) is 12.6. The standard InChI is InChI=1S/C21H38N2O3S/c1-18(2)12-15(13-19(3,4)23-18)8-10-22-27(25,26)14-21-9-7-16(11-17(21)24)20(21,5)6/h15-16,22-23H,7-14H2,1-6H3/t16-,21+/m1/s1. The summed E-state index contributed by atoms with van der Waals surface area (Å²) in [6.45, 7) is 13.5. The highest BCUT2D eigenvalue weighted by atomic mass is 32.2. The predicted molar refractivity (Wildman–Crippen MR) is 109 cm³/mol. The SMILES string of the molecule is CC1(C)CC(CCNS(=O)(=O)C[C@@]23CC[C@H](CC2=O)C3(C)C)CC(C)(C)N1. The number of sulfonamides is 1. The van der Waals surface area contributed by atoms with E-state index in [9.17, 15) is 13.2 Å². The molecular weight excluding hydrogens is 360 g/mol. The molecule has 0 unspecified atom stereocenters. The summed E-state index contributed by atoms with van der Waals surface area (Å²) >= 11 is 0. The van der Waals surface area contributed by atoms with Crippen molar-refractivity contribution < 1.29 is 13.2 Å². The molecule has 0 spiro atoms. The summed E-state index contributed by atoms with van der Waals surface area (Å²) in [6.07, 6.45) is 5.21. The van der Waals surface area contributed by atoms with E-state index in [1.165, 1.54) is 0 Å². The van der Waals surface area contributed by atoms with Crippen molar-refractivity contribution in [1.29, 1.82) is 0 Å². The maximum Gasteiger partial charge on any atom is 0.212 e. The van der Waals surface area contributed by atoms with Crippen molar-refractivity contribution >= 4 is 15.8 Å². The number of ketones is 1. The third-order valence-corrected chi connectivity index (χ3v) is 9.24. The minimum atomic E-state index is -3.46. The Morgan fingerprint density at radius 2 is 1.67 bits per heavy atom. The van der Waals surface area contributed by atoms with Crippen molar-refractivity contribution in [2.24, 2.45) is 22.7 Å². The molecule has 2 atom stereocenters. The molecule has 0 aromatic heterocycles. The minimum Gasteiger partial charge on any atom is -0.307 e. The molecule has 3 rings (SSSR count). The summed E-state index contributed by atoms with van der Waals surface area (Å²) in [5.74, 6) is 0.971. The normalized spacial score (nSPS) is 34.9. The van der Waals surface area contributed by atoms with E-state index in [1.54, 1.807) is 0 Å². The van der Waals surface area contributed by atoms with Crippen molar-refractivity contribution in [2.75, 3.05) is 12.3 Å². The molecule has 27 heavy (non-hydrogen) atoms. The Kier molecular flexibility index (Phi) is 5.14. The van der Waals surface area contributed by atoms with E-state index in [2.05, 4.69) is 51.6 Å². The zero-order chi connectivity index (χ0) is 20.3. The van der Waals surface area contributed by atoms with Gasteiger partial charge in [-0.2, -0.15) is 0 Å². The van der Waals surface area contributed by atoms with Gasteiger partial charge in [-0.05, 0) is 77.0 Å². The van der Waals surface area contributed by atoms with Crippen LogP contribution in [0.1, 0.15) is 80.1 Å². The van der Waals surface area contributed by atoms with Crippen LogP contribution in [0.25, 0.3) is 0 Å². The fourth-order valence-electron chi connectivity index (χ4n) is 6.64. The van der Waals surface area contributed by atoms with Gasteiger partial charge < -0.3 is 5.32 Å². The van der Waals surface area contributed by atoms with Gasteiger partial charge in [-0.25, -0.2) is 13.1 Å². The Labute approximate surface area is 165 Å². The van der Waals surface area contributed by atoms with Gasteiger partial charge in [0.2, 0.25) is 10.0 Å². The van der Waals surface area contributed by atoms with Crippen LogP contribution in [-0.4, -0.2) is 37.6 Å².